The summed E-state index contributed by atoms with van der Waals surface area (Å²) < 4.78 is 6.30. The molecule has 0 radical (unpaired) electrons. The summed E-state index contributed by atoms with van der Waals surface area (Å²) in [6, 6.07) is 23.6. The Bertz CT molecular complexity index is 1770. The van der Waals surface area contributed by atoms with Crippen LogP contribution in [0.25, 0.3) is 11.1 Å². The average Bonchev–Trinajstić information content (AvgIpc) is 3.35. The average molecular weight is 604 g/mol. The third-order valence-corrected chi connectivity index (χ3v) is 8.12. The van der Waals surface area contributed by atoms with E-state index in [4.69, 9.17) is 4.74 Å². The van der Waals surface area contributed by atoms with Crippen LogP contribution in [0.4, 0.5) is 10.5 Å². The summed E-state index contributed by atoms with van der Waals surface area (Å²) in [5.41, 5.74) is 4.59. The van der Waals surface area contributed by atoms with Gasteiger partial charge in [0.25, 0.3) is 5.91 Å². The molecule has 4 aromatic rings. The Labute approximate surface area is 260 Å². The standard InChI is InChI=1S/C35H33N5O5/c1-35(2,25-10-12-27(23-9-6-16-36-19-23)30(18-25)45-21-22-7-4-3-5-8-22)39-34(44)37-26-11-13-28-24(17-26)20-40(33(28)43)29-14-15-31(41)38-32(29)42/h3-13,16-19,29H,14-15,20-21H2,1-2H3,(H2,37,39,44)(H,38,41,42). The van der Waals surface area contributed by atoms with Crippen LogP contribution in [0.2, 0.25) is 0 Å². The lowest BCUT2D eigenvalue weighted by atomic mass is 9.92. The Morgan fingerprint density at radius 3 is 2.56 bits per heavy atom. The molecule has 0 aliphatic carbocycles. The molecule has 228 valence electrons. The first-order valence-corrected chi connectivity index (χ1v) is 14.8. The number of carbonyl (C=O) groups is 4. The number of imide groups is 1. The highest BCUT2D eigenvalue weighted by atomic mass is 16.5. The van der Waals surface area contributed by atoms with Crippen molar-refractivity contribution in [1.29, 1.82) is 0 Å². The van der Waals surface area contributed by atoms with Gasteiger partial charge in [0.15, 0.2) is 0 Å². The van der Waals surface area contributed by atoms with Crippen molar-refractivity contribution in [3.63, 3.8) is 0 Å². The number of pyridine rings is 1. The monoisotopic (exact) mass is 603 g/mol. The highest BCUT2D eigenvalue weighted by Gasteiger charge is 2.39. The summed E-state index contributed by atoms with van der Waals surface area (Å²) in [6.45, 7) is 4.42. The van der Waals surface area contributed by atoms with E-state index < -0.39 is 23.5 Å². The highest BCUT2D eigenvalue weighted by molar-refractivity contribution is 6.05. The number of anilines is 1. The Morgan fingerprint density at radius 1 is 1.00 bits per heavy atom. The molecule has 1 aromatic heterocycles. The van der Waals surface area contributed by atoms with Crippen molar-refractivity contribution < 1.29 is 23.9 Å². The minimum absolute atomic E-state index is 0.187. The third-order valence-electron chi connectivity index (χ3n) is 8.12. The largest absolute Gasteiger partial charge is 0.488 e. The molecule has 2 aliphatic rings. The molecular formula is C35H33N5O5. The smallest absolute Gasteiger partial charge is 0.319 e. The molecule has 3 heterocycles. The maximum atomic E-state index is 13.2. The predicted molar refractivity (Wildman–Crippen MR) is 168 cm³/mol. The van der Waals surface area contributed by atoms with Gasteiger partial charge in [0, 0.05) is 47.7 Å². The minimum atomic E-state index is -0.780. The van der Waals surface area contributed by atoms with Gasteiger partial charge in [0.05, 0.1) is 5.54 Å². The van der Waals surface area contributed by atoms with E-state index >= 15 is 0 Å². The zero-order valence-electron chi connectivity index (χ0n) is 25.0. The van der Waals surface area contributed by atoms with E-state index in [1.54, 1.807) is 30.6 Å². The van der Waals surface area contributed by atoms with Gasteiger partial charge in [-0.3, -0.25) is 24.7 Å². The van der Waals surface area contributed by atoms with Gasteiger partial charge in [-0.1, -0.05) is 48.5 Å². The number of aromatic nitrogens is 1. The normalized spacial score (nSPS) is 16.2. The molecule has 10 heteroatoms. The van der Waals surface area contributed by atoms with Gasteiger partial charge < -0.3 is 20.3 Å². The van der Waals surface area contributed by atoms with E-state index in [0.29, 0.717) is 29.2 Å². The van der Waals surface area contributed by atoms with E-state index in [1.165, 1.54) is 4.90 Å². The molecule has 3 aromatic carbocycles. The molecule has 3 N–H and O–H groups in total. The first-order chi connectivity index (χ1) is 21.7. The van der Waals surface area contributed by atoms with Crippen molar-refractivity contribution in [3.8, 4) is 16.9 Å². The van der Waals surface area contributed by atoms with E-state index in [-0.39, 0.29) is 31.2 Å². The zero-order valence-corrected chi connectivity index (χ0v) is 25.0. The lowest BCUT2D eigenvalue weighted by molar-refractivity contribution is -0.136. The van der Waals surface area contributed by atoms with Crippen LogP contribution < -0.4 is 20.7 Å². The fraction of sp³-hybridized carbons (Fsp3) is 0.229. The minimum Gasteiger partial charge on any atom is -0.488 e. The van der Waals surface area contributed by atoms with Crippen LogP contribution in [0.5, 0.6) is 5.75 Å². The Balaban J connectivity index is 1.16. The summed E-state index contributed by atoms with van der Waals surface area (Å²) in [6.07, 6.45) is 3.98. The number of piperidine rings is 1. The van der Waals surface area contributed by atoms with Crippen molar-refractivity contribution in [3.05, 3.63) is 114 Å². The fourth-order valence-electron chi connectivity index (χ4n) is 5.70. The van der Waals surface area contributed by atoms with Crippen molar-refractivity contribution in [2.75, 3.05) is 5.32 Å². The first kappa shape index (κ1) is 29.6. The second-order valence-electron chi connectivity index (χ2n) is 11.7. The third kappa shape index (κ3) is 6.40. The predicted octanol–water partition coefficient (Wildman–Crippen LogP) is 5.15. The number of fused-ring (bicyclic) bond motifs is 1. The topological polar surface area (TPSA) is 130 Å². The van der Waals surface area contributed by atoms with Crippen LogP contribution in [0, 0.1) is 0 Å². The first-order valence-electron chi connectivity index (χ1n) is 14.8. The van der Waals surface area contributed by atoms with Gasteiger partial charge in [-0.15, -0.1) is 0 Å². The Kier molecular flexibility index (Phi) is 8.04. The van der Waals surface area contributed by atoms with Crippen molar-refractivity contribution in [1.82, 2.24) is 20.5 Å². The number of carbonyl (C=O) groups excluding carboxylic acids is 4. The number of benzene rings is 3. The van der Waals surface area contributed by atoms with Gasteiger partial charge in [-0.25, -0.2) is 4.79 Å². The molecule has 0 saturated carbocycles. The van der Waals surface area contributed by atoms with Crippen molar-refractivity contribution in [2.24, 2.45) is 0 Å². The lowest BCUT2D eigenvalue weighted by Gasteiger charge is -2.29. The zero-order chi connectivity index (χ0) is 31.6. The van der Waals surface area contributed by atoms with Gasteiger partial charge in [-0.05, 0) is 67.3 Å². The van der Waals surface area contributed by atoms with Gasteiger partial charge >= 0.3 is 6.03 Å². The molecule has 2 aliphatic heterocycles. The van der Waals surface area contributed by atoms with Crippen LogP contribution in [-0.2, 0) is 28.3 Å². The fourth-order valence-corrected chi connectivity index (χ4v) is 5.70. The Morgan fingerprint density at radius 2 is 1.80 bits per heavy atom. The van der Waals surface area contributed by atoms with E-state index in [9.17, 15) is 19.2 Å². The number of nitrogens with zero attached hydrogens (tertiary/aromatic N) is 2. The van der Waals surface area contributed by atoms with Crippen LogP contribution in [0.15, 0.2) is 91.3 Å². The van der Waals surface area contributed by atoms with Crippen LogP contribution >= 0.6 is 0 Å². The molecule has 6 rings (SSSR count). The number of hydrogen-bond donors (Lipinski definition) is 3. The molecular weight excluding hydrogens is 570 g/mol. The number of urea groups is 1. The summed E-state index contributed by atoms with van der Waals surface area (Å²) in [7, 11) is 0. The highest BCUT2D eigenvalue weighted by Crippen LogP contribution is 2.35. The van der Waals surface area contributed by atoms with Crippen LogP contribution in [0.3, 0.4) is 0 Å². The van der Waals surface area contributed by atoms with Gasteiger partial charge in [0.1, 0.15) is 18.4 Å². The summed E-state index contributed by atoms with van der Waals surface area (Å²) >= 11 is 0. The molecule has 0 spiro atoms. The number of rotatable bonds is 8. The number of nitrogens with one attached hydrogen (secondary N) is 3. The summed E-state index contributed by atoms with van der Waals surface area (Å²) in [5, 5.41) is 8.23. The second kappa shape index (κ2) is 12.2. The second-order valence-corrected chi connectivity index (χ2v) is 11.7. The molecule has 1 saturated heterocycles. The van der Waals surface area contributed by atoms with E-state index in [2.05, 4.69) is 20.9 Å². The molecule has 45 heavy (non-hydrogen) atoms. The molecule has 1 atom stereocenters. The number of ether oxygens (including phenoxy) is 1. The van der Waals surface area contributed by atoms with Crippen molar-refractivity contribution >= 4 is 29.4 Å². The molecule has 5 amide bonds. The molecule has 1 unspecified atom stereocenters. The number of hydrogen-bond acceptors (Lipinski definition) is 6. The lowest BCUT2D eigenvalue weighted by Crippen LogP contribution is -2.52. The maximum absolute atomic E-state index is 13.2. The SMILES string of the molecule is CC(C)(NC(=O)Nc1ccc2c(c1)CN(C1CCC(=O)NC1=O)C2=O)c1ccc(-c2cccnc2)c(OCc2ccccc2)c1. The van der Waals surface area contributed by atoms with Crippen LogP contribution in [0.1, 0.15) is 53.7 Å². The maximum Gasteiger partial charge on any atom is 0.319 e. The molecule has 0 bridgehead atoms. The summed E-state index contributed by atoms with van der Waals surface area (Å²) in [4.78, 5) is 55.9. The molecule has 1 fully saturated rings. The van der Waals surface area contributed by atoms with Gasteiger partial charge in [-0.2, -0.15) is 0 Å². The van der Waals surface area contributed by atoms with E-state index in [0.717, 1.165) is 22.3 Å². The van der Waals surface area contributed by atoms with Crippen LogP contribution in [-0.4, -0.2) is 39.7 Å². The number of amides is 5. The summed E-state index contributed by atoms with van der Waals surface area (Å²) in [5.74, 6) is -0.393. The van der Waals surface area contributed by atoms with E-state index in [1.807, 2.05) is 74.5 Å². The quantitative estimate of drug-likeness (QED) is 0.239. The van der Waals surface area contributed by atoms with Crippen molar-refractivity contribution in [2.45, 2.75) is 51.4 Å². The molecule has 10 nitrogen and oxygen atoms in total. The van der Waals surface area contributed by atoms with Gasteiger partial charge in [0.2, 0.25) is 11.8 Å². The Hall–Kier alpha value is -5.51.